The molecule has 4 rings (SSSR count). The van der Waals surface area contributed by atoms with Crippen molar-refractivity contribution in [1.29, 1.82) is 0 Å². The Morgan fingerprint density at radius 2 is 1.79 bits per heavy atom. The lowest BCUT2D eigenvalue weighted by Crippen LogP contribution is -2.55. The molecular formula is C22H26FN3O2. The molecule has 0 radical (unpaired) electrons. The van der Waals surface area contributed by atoms with E-state index in [1.54, 1.807) is 4.90 Å². The maximum absolute atomic E-state index is 12.7. The molecule has 0 unspecified atom stereocenters. The summed E-state index contributed by atoms with van der Waals surface area (Å²) in [5, 5.41) is 2.54. The van der Waals surface area contributed by atoms with Crippen LogP contribution in [-0.4, -0.2) is 47.5 Å². The average molecular weight is 383 g/mol. The smallest absolute Gasteiger partial charge is 0.299 e. The number of piperidine rings is 1. The normalized spacial score (nSPS) is 21.1. The Balaban J connectivity index is 0.00000109. The van der Waals surface area contributed by atoms with Crippen molar-refractivity contribution in [3.63, 3.8) is 0 Å². The summed E-state index contributed by atoms with van der Waals surface area (Å²) < 4.78 is 9.50. The molecule has 2 fully saturated rings. The Labute approximate surface area is 165 Å². The van der Waals surface area contributed by atoms with Crippen LogP contribution in [0.1, 0.15) is 24.8 Å². The lowest BCUT2D eigenvalue weighted by Gasteiger charge is -2.42. The third kappa shape index (κ3) is 3.92. The highest BCUT2D eigenvalue weighted by Gasteiger charge is 2.54. The standard InChI is InChI=1S/C21H23N3O2.CH3F/c25-19-21(24(20(26)22-19)18-10-6-1-2-7-11-18)12-14-23(15-13-21)16-17-8-4-3-5-9-17;1-2/h1,3-11H,2,12-16H2,(H,22,25,26);1H3. The number of hydrogen-bond donors (Lipinski definition) is 1. The van der Waals surface area contributed by atoms with Crippen LogP contribution in [0.5, 0.6) is 0 Å². The molecule has 148 valence electrons. The summed E-state index contributed by atoms with van der Waals surface area (Å²) in [6.45, 7) is 2.45. The van der Waals surface area contributed by atoms with E-state index in [4.69, 9.17) is 0 Å². The van der Waals surface area contributed by atoms with Crippen LogP contribution >= 0.6 is 0 Å². The fourth-order valence-electron chi connectivity index (χ4n) is 4.02. The third-order valence-corrected chi connectivity index (χ3v) is 5.43. The number of benzene rings is 1. The lowest BCUT2D eigenvalue weighted by atomic mass is 9.85. The number of nitrogens with zero attached hydrogens (tertiary/aromatic N) is 2. The maximum atomic E-state index is 12.7. The summed E-state index contributed by atoms with van der Waals surface area (Å²) in [6, 6.07) is 10.0. The molecule has 6 heteroatoms. The van der Waals surface area contributed by atoms with Crippen molar-refractivity contribution in [3.05, 3.63) is 72.0 Å². The first-order chi connectivity index (χ1) is 13.7. The van der Waals surface area contributed by atoms with Crippen LogP contribution in [0.4, 0.5) is 9.18 Å². The molecule has 0 atom stereocenters. The predicted molar refractivity (Wildman–Crippen MR) is 107 cm³/mol. The first-order valence-electron chi connectivity index (χ1n) is 9.52. The van der Waals surface area contributed by atoms with E-state index < -0.39 is 5.54 Å². The number of hydrogen-bond acceptors (Lipinski definition) is 3. The van der Waals surface area contributed by atoms with Gasteiger partial charge < -0.3 is 0 Å². The van der Waals surface area contributed by atoms with Gasteiger partial charge in [0.05, 0.1) is 7.18 Å². The lowest BCUT2D eigenvalue weighted by molar-refractivity contribution is -0.128. The summed E-state index contributed by atoms with van der Waals surface area (Å²) in [5.41, 5.74) is 1.30. The Bertz CT molecular complexity index is 793. The zero-order chi connectivity index (χ0) is 20.0. The molecule has 2 aliphatic heterocycles. The molecular weight excluding hydrogens is 357 g/mol. The molecule has 1 N–H and O–H groups in total. The SMILES string of the molecule is CF.O=C1NC(=O)C2(CCN(Cc3ccccc3)CC2)N1C1=CC=CCC=C1. The number of amides is 3. The van der Waals surface area contributed by atoms with Crippen molar-refractivity contribution >= 4 is 11.9 Å². The van der Waals surface area contributed by atoms with Gasteiger partial charge in [0, 0.05) is 25.3 Å². The zero-order valence-corrected chi connectivity index (χ0v) is 16.1. The van der Waals surface area contributed by atoms with Gasteiger partial charge in [-0.15, -0.1) is 0 Å². The van der Waals surface area contributed by atoms with E-state index in [1.807, 2.05) is 48.6 Å². The first-order valence-corrected chi connectivity index (χ1v) is 9.52. The number of halogens is 1. The van der Waals surface area contributed by atoms with Gasteiger partial charge in [0.15, 0.2) is 0 Å². The molecule has 28 heavy (non-hydrogen) atoms. The van der Waals surface area contributed by atoms with Crippen molar-refractivity contribution in [1.82, 2.24) is 15.1 Å². The zero-order valence-electron chi connectivity index (χ0n) is 16.1. The molecule has 3 aliphatic rings. The minimum absolute atomic E-state index is 0.163. The number of rotatable bonds is 3. The van der Waals surface area contributed by atoms with Gasteiger partial charge in [-0.2, -0.15) is 0 Å². The summed E-state index contributed by atoms with van der Waals surface area (Å²) in [4.78, 5) is 29.3. The van der Waals surface area contributed by atoms with Crippen molar-refractivity contribution < 1.29 is 14.0 Å². The Hall–Kier alpha value is -2.73. The summed E-state index contributed by atoms with van der Waals surface area (Å²) in [6.07, 6.45) is 12.0. The van der Waals surface area contributed by atoms with Crippen LogP contribution in [0.15, 0.2) is 66.4 Å². The largest absolute Gasteiger partial charge is 0.329 e. The van der Waals surface area contributed by atoms with Crippen molar-refractivity contribution in [2.75, 3.05) is 20.3 Å². The average Bonchev–Trinajstić information content (AvgIpc) is 2.90. The minimum atomic E-state index is -0.765. The van der Waals surface area contributed by atoms with E-state index in [0.717, 1.165) is 31.8 Å². The number of urea groups is 1. The molecule has 1 spiro atoms. The molecule has 2 saturated heterocycles. The first kappa shape index (κ1) is 20.0. The molecule has 0 aromatic heterocycles. The number of nitrogens with one attached hydrogen (secondary N) is 1. The van der Waals surface area contributed by atoms with Crippen LogP contribution in [0, 0.1) is 0 Å². The Morgan fingerprint density at radius 3 is 2.50 bits per heavy atom. The number of carbonyl (C=O) groups is 2. The summed E-state index contributed by atoms with van der Waals surface area (Å²) >= 11 is 0. The number of allylic oxidation sites excluding steroid dienone is 5. The van der Waals surface area contributed by atoms with E-state index in [9.17, 15) is 14.0 Å². The molecule has 1 aliphatic carbocycles. The van der Waals surface area contributed by atoms with E-state index in [1.165, 1.54) is 5.56 Å². The number of likely N-dealkylation sites (tertiary alicyclic amines) is 1. The summed E-state index contributed by atoms with van der Waals surface area (Å²) in [7, 11) is 0.500. The topological polar surface area (TPSA) is 52.7 Å². The second kappa shape index (κ2) is 8.97. The molecule has 0 saturated carbocycles. The predicted octanol–water partition coefficient (Wildman–Crippen LogP) is 3.56. The maximum Gasteiger partial charge on any atom is 0.329 e. The van der Waals surface area contributed by atoms with E-state index in [0.29, 0.717) is 20.0 Å². The van der Waals surface area contributed by atoms with Crippen LogP contribution in [0.3, 0.4) is 0 Å². The van der Waals surface area contributed by atoms with Crippen molar-refractivity contribution in [2.45, 2.75) is 31.3 Å². The molecule has 3 amide bonds. The second-order valence-electron chi connectivity index (χ2n) is 7.05. The van der Waals surface area contributed by atoms with Gasteiger partial charge in [-0.3, -0.25) is 24.3 Å². The minimum Gasteiger partial charge on any atom is -0.299 e. The van der Waals surface area contributed by atoms with Gasteiger partial charge >= 0.3 is 6.03 Å². The van der Waals surface area contributed by atoms with Gasteiger partial charge in [-0.25, -0.2) is 4.79 Å². The Morgan fingerprint density at radius 1 is 1.07 bits per heavy atom. The highest BCUT2D eigenvalue weighted by molar-refractivity contribution is 6.08. The van der Waals surface area contributed by atoms with Crippen molar-refractivity contribution in [2.24, 2.45) is 0 Å². The molecule has 5 nitrogen and oxygen atoms in total. The fraction of sp³-hybridized carbons (Fsp3) is 0.364. The molecule has 2 heterocycles. The van der Waals surface area contributed by atoms with Gasteiger partial charge in [-0.05, 0) is 37.0 Å². The van der Waals surface area contributed by atoms with Gasteiger partial charge in [0.25, 0.3) is 5.91 Å². The van der Waals surface area contributed by atoms with E-state index >= 15 is 0 Å². The van der Waals surface area contributed by atoms with Gasteiger partial charge in [0.1, 0.15) is 5.54 Å². The number of alkyl halides is 1. The highest BCUT2D eigenvalue weighted by Crippen LogP contribution is 2.37. The number of carbonyl (C=O) groups excluding carboxylic acids is 2. The van der Waals surface area contributed by atoms with E-state index in [2.05, 4.69) is 22.3 Å². The quantitative estimate of drug-likeness (QED) is 0.812. The van der Waals surface area contributed by atoms with Gasteiger partial charge in [0.2, 0.25) is 0 Å². The third-order valence-electron chi connectivity index (χ3n) is 5.43. The Kier molecular flexibility index (Phi) is 6.41. The van der Waals surface area contributed by atoms with E-state index in [-0.39, 0.29) is 11.9 Å². The molecule has 0 bridgehead atoms. The van der Waals surface area contributed by atoms with Crippen molar-refractivity contribution in [3.8, 4) is 0 Å². The number of imide groups is 1. The van der Waals surface area contributed by atoms with Crippen LogP contribution in [-0.2, 0) is 11.3 Å². The monoisotopic (exact) mass is 383 g/mol. The van der Waals surface area contributed by atoms with Crippen LogP contribution in [0.2, 0.25) is 0 Å². The summed E-state index contributed by atoms with van der Waals surface area (Å²) in [5.74, 6) is -0.163. The second-order valence-corrected chi connectivity index (χ2v) is 7.05. The van der Waals surface area contributed by atoms with Crippen LogP contribution in [0.25, 0.3) is 0 Å². The fourth-order valence-corrected chi connectivity index (χ4v) is 4.02. The van der Waals surface area contributed by atoms with Crippen LogP contribution < -0.4 is 5.32 Å². The van der Waals surface area contributed by atoms with Gasteiger partial charge in [-0.1, -0.05) is 48.6 Å². The molecule has 1 aromatic rings. The molecule has 1 aromatic carbocycles. The highest BCUT2D eigenvalue weighted by atomic mass is 19.1.